The minimum absolute atomic E-state index is 0.224. The van der Waals surface area contributed by atoms with Gasteiger partial charge in [-0.15, -0.1) is 0 Å². The molecule has 6 heteroatoms. The number of anilines is 1. The molecular formula is C13H11N5O. The number of hydrogen-bond acceptors (Lipinski definition) is 5. The van der Waals surface area contributed by atoms with Crippen LogP contribution < -0.4 is 5.73 Å². The van der Waals surface area contributed by atoms with Gasteiger partial charge in [-0.2, -0.15) is 10.1 Å². The molecule has 0 spiro atoms. The van der Waals surface area contributed by atoms with Gasteiger partial charge in [0.2, 0.25) is 0 Å². The fourth-order valence-corrected chi connectivity index (χ4v) is 2.44. The average Bonchev–Trinajstić information content (AvgIpc) is 3.00. The van der Waals surface area contributed by atoms with E-state index in [2.05, 4.69) is 32.5 Å². The quantitative estimate of drug-likeness (QED) is 0.725. The molecule has 0 bridgehead atoms. The van der Waals surface area contributed by atoms with Crippen LogP contribution in [-0.4, -0.2) is 20.3 Å². The van der Waals surface area contributed by atoms with Crippen molar-refractivity contribution in [3.8, 4) is 11.5 Å². The number of nitrogens with one attached hydrogen (secondary N) is 1. The van der Waals surface area contributed by atoms with Gasteiger partial charge >= 0.3 is 0 Å². The van der Waals surface area contributed by atoms with Gasteiger partial charge in [0.1, 0.15) is 11.4 Å². The third-order valence-electron chi connectivity index (χ3n) is 3.51. The highest BCUT2D eigenvalue weighted by molar-refractivity contribution is 5.65. The second-order valence-electron chi connectivity index (χ2n) is 4.61. The molecule has 1 unspecified atom stereocenters. The van der Waals surface area contributed by atoms with Crippen molar-refractivity contribution in [3.63, 3.8) is 0 Å². The van der Waals surface area contributed by atoms with E-state index >= 15 is 0 Å². The van der Waals surface area contributed by atoms with Gasteiger partial charge in [-0.05, 0) is 17.5 Å². The highest BCUT2D eigenvalue weighted by Crippen LogP contribution is 2.39. The van der Waals surface area contributed by atoms with Gasteiger partial charge in [0.15, 0.2) is 5.82 Å². The van der Waals surface area contributed by atoms with Crippen LogP contribution in [0, 0.1) is 0 Å². The fourth-order valence-electron chi connectivity index (χ4n) is 2.44. The van der Waals surface area contributed by atoms with Gasteiger partial charge in [0.05, 0.1) is 12.1 Å². The number of nitrogens with zero attached hydrogens (tertiary/aromatic N) is 3. The van der Waals surface area contributed by atoms with E-state index in [0.717, 1.165) is 6.42 Å². The Morgan fingerprint density at radius 1 is 1.32 bits per heavy atom. The summed E-state index contributed by atoms with van der Waals surface area (Å²) in [5.74, 6) is 1.77. The van der Waals surface area contributed by atoms with E-state index < -0.39 is 0 Å². The predicted molar refractivity (Wildman–Crippen MR) is 68.3 cm³/mol. The molecule has 0 saturated heterocycles. The van der Waals surface area contributed by atoms with E-state index in [1.165, 1.54) is 11.1 Å². The average molecular weight is 253 g/mol. The molecule has 2 heterocycles. The van der Waals surface area contributed by atoms with Crippen LogP contribution in [0.3, 0.4) is 0 Å². The van der Waals surface area contributed by atoms with Crippen LogP contribution in [0.5, 0.6) is 0 Å². The topological polar surface area (TPSA) is 93.6 Å². The highest BCUT2D eigenvalue weighted by atomic mass is 16.5. The number of hydrogen-bond donors (Lipinski definition) is 2. The number of nitrogens with two attached hydrogens (primary N) is 1. The molecule has 2 aromatic heterocycles. The minimum Gasteiger partial charge on any atom is -0.383 e. The summed E-state index contributed by atoms with van der Waals surface area (Å²) in [5.41, 5.74) is 9.00. The Bertz CT molecular complexity index is 745. The highest BCUT2D eigenvalue weighted by Gasteiger charge is 2.31. The second-order valence-corrected chi connectivity index (χ2v) is 4.61. The molecule has 1 aromatic carbocycles. The molecule has 0 saturated carbocycles. The van der Waals surface area contributed by atoms with Crippen molar-refractivity contribution in [3.05, 3.63) is 47.4 Å². The van der Waals surface area contributed by atoms with Crippen LogP contribution in [0.15, 0.2) is 35.0 Å². The lowest BCUT2D eigenvalue weighted by atomic mass is 9.77. The molecule has 94 valence electrons. The number of aromatic amines is 1. The molecular weight excluding hydrogens is 242 g/mol. The maximum absolute atomic E-state index is 5.74. The van der Waals surface area contributed by atoms with Crippen molar-refractivity contribution >= 4 is 5.82 Å². The van der Waals surface area contributed by atoms with Crippen LogP contribution >= 0.6 is 0 Å². The Morgan fingerprint density at radius 3 is 3.00 bits per heavy atom. The first-order valence-electron chi connectivity index (χ1n) is 6.03. The lowest BCUT2D eigenvalue weighted by molar-refractivity contribution is 0.416. The summed E-state index contributed by atoms with van der Waals surface area (Å²) >= 11 is 0. The van der Waals surface area contributed by atoms with Gasteiger partial charge in [0.25, 0.3) is 5.89 Å². The Kier molecular flexibility index (Phi) is 2.00. The van der Waals surface area contributed by atoms with Crippen molar-refractivity contribution in [1.29, 1.82) is 0 Å². The smallest absolute Gasteiger partial charge is 0.263 e. The second kappa shape index (κ2) is 3.68. The number of H-pyrrole nitrogens is 1. The third-order valence-corrected chi connectivity index (χ3v) is 3.51. The van der Waals surface area contributed by atoms with E-state index in [-0.39, 0.29) is 5.92 Å². The Labute approximate surface area is 108 Å². The van der Waals surface area contributed by atoms with Crippen molar-refractivity contribution in [1.82, 2.24) is 20.3 Å². The molecule has 4 rings (SSSR count). The van der Waals surface area contributed by atoms with Crippen LogP contribution in [0.1, 0.15) is 22.9 Å². The van der Waals surface area contributed by atoms with Gasteiger partial charge in [-0.25, -0.2) is 0 Å². The number of fused-ring (bicyclic) bond motifs is 1. The summed E-state index contributed by atoms with van der Waals surface area (Å²) in [6.07, 6.45) is 2.54. The van der Waals surface area contributed by atoms with Crippen LogP contribution in [-0.2, 0) is 6.42 Å². The fraction of sp³-hybridized carbons (Fsp3) is 0.154. The Balaban J connectivity index is 1.69. The molecule has 3 N–H and O–H groups in total. The minimum atomic E-state index is 0.224. The molecule has 0 aliphatic heterocycles. The van der Waals surface area contributed by atoms with E-state index in [1.54, 1.807) is 6.20 Å². The van der Waals surface area contributed by atoms with Crippen molar-refractivity contribution in [2.45, 2.75) is 12.3 Å². The maximum Gasteiger partial charge on any atom is 0.263 e. The lowest BCUT2D eigenvalue weighted by Crippen LogP contribution is -2.19. The van der Waals surface area contributed by atoms with Gasteiger partial charge in [-0.1, -0.05) is 29.4 Å². The van der Waals surface area contributed by atoms with Crippen LogP contribution in [0.4, 0.5) is 5.82 Å². The predicted octanol–water partition coefficient (Wildman–Crippen LogP) is 1.73. The SMILES string of the molecule is Nc1[nH]ncc1-c1nc(C2Cc3ccccc32)no1. The Hall–Kier alpha value is -2.63. The summed E-state index contributed by atoms with van der Waals surface area (Å²) in [4.78, 5) is 4.42. The third kappa shape index (κ3) is 1.46. The van der Waals surface area contributed by atoms with E-state index in [0.29, 0.717) is 23.1 Å². The summed E-state index contributed by atoms with van der Waals surface area (Å²) in [5, 5.41) is 10.5. The first-order chi connectivity index (χ1) is 9.33. The molecule has 0 fully saturated rings. The van der Waals surface area contributed by atoms with Crippen molar-refractivity contribution in [2.24, 2.45) is 0 Å². The molecule has 6 nitrogen and oxygen atoms in total. The lowest BCUT2D eigenvalue weighted by Gasteiger charge is -2.27. The molecule has 0 radical (unpaired) electrons. The zero-order valence-electron chi connectivity index (χ0n) is 10.00. The van der Waals surface area contributed by atoms with E-state index in [1.807, 2.05) is 12.1 Å². The number of nitrogen functional groups attached to an aromatic ring is 1. The summed E-state index contributed by atoms with van der Waals surface area (Å²) in [6.45, 7) is 0. The van der Waals surface area contributed by atoms with E-state index in [9.17, 15) is 0 Å². The van der Waals surface area contributed by atoms with Gasteiger partial charge < -0.3 is 10.3 Å². The standard InChI is InChI=1S/C13H11N5O/c14-11-10(6-15-17-11)13-16-12(18-19-13)9-5-7-3-1-2-4-8(7)9/h1-4,6,9H,5H2,(H3,14,15,17). The summed E-state index contributed by atoms with van der Waals surface area (Å²) in [7, 11) is 0. The number of rotatable bonds is 2. The maximum atomic E-state index is 5.74. The summed E-state index contributed by atoms with van der Waals surface area (Å²) < 4.78 is 5.26. The first-order valence-corrected chi connectivity index (χ1v) is 6.03. The monoisotopic (exact) mass is 253 g/mol. The number of benzene rings is 1. The Morgan fingerprint density at radius 2 is 2.21 bits per heavy atom. The summed E-state index contributed by atoms with van der Waals surface area (Å²) in [6, 6.07) is 8.30. The van der Waals surface area contributed by atoms with Gasteiger partial charge in [-0.3, -0.25) is 5.10 Å². The molecule has 1 aliphatic rings. The first kappa shape index (κ1) is 10.3. The van der Waals surface area contributed by atoms with Crippen molar-refractivity contribution < 1.29 is 4.52 Å². The molecule has 1 aliphatic carbocycles. The van der Waals surface area contributed by atoms with Crippen LogP contribution in [0.2, 0.25) is 0 Å². The molecule has 19 heavy (non-hydrogen) atoms. The largest absolute Gasteiger partial charge is 0.383 e. The number of aromatic nitrogens is 4. The normalized spacial score (nSPS) is 16.9. The van der Waals surface area contributed by atoms with Crippen molar-refractivity contribution in [2.75, 3.05) is 5.73 Å². The zero-order chi connectivity index (χ0) is 12.8. The van der Waals surface area contributed by atoms with E-state index in [4.69, 9.17) is 10.3 Å². The molecule has 1 atom stereocenters. The van der Waals surface area contributed by atoms with Crippen LogP contribution in [0.25, 0.3) is 11.5 Å². The molecule has 0 amide bonds. The molecule has 3 aromatic rings. The van der Waals surface area contributed by atoms with Gasteiger partial charge in [0, 0.05) is 0 Å². The zero-order valence-corrected chi connectivity index (χ0v) is 10.00.